The Bertz CT molecular complexity index is 726. The summed E-state index contributed by atoms with van der Waals surface area (Å²) in [5.74, 6) is -2.48. The van der Waals surface area contributed by atoms with E-state index in [9.17, 15) is 35.5 Å². The standard InChI is InChI=1S/C11H4F7NO/c12-8-7(11(16,17)18)6(10(13,14)15)5-3-1-2-4-19(5)9(8)20/h1-4H. The summed E-state index contributed by atoms with van der Waals surface area (Å²) >= 11 is 0. The smallest absolute Gasteiger partial charge is 0.281 e. The van der Waals surface area contributed by atoms with Gasteiger partial charge in [-0.2, -0.15) is 26.3 Å². The van der Waals surface area contributed by atoms with Gasteiger partial charge in [-0.05, 0) is 12.1 Å². The van der Waals surface area contributed by atoms with Crippen molar-refractivity contribution in [2.75, 3.05) is 0 Å². The van der Waals surface area contributed by atoms with Gasteiger partial charge < -0.3 is 0 Å². The molecule has 2 nitrogen and oxygen atoms in total. The van der Waals surface area contributed by atoms with E-state index in [1.807, 2.05) is 0 Å². The van der Waals surface area contributed by atoms with E-state index in [1.165, 1.54) is 0 Å². The first-order chi connectivity index (χ1) is 9.05. The Balaban J connectivity index is 3.13. The summed E-state index contributed by atoms with van der Waals surface area (Å²) in [4.78, 5) is 11.4. The van der Waals surface area contributed by atoms with Gasteiger partial charge in [0.1, 0.15) is 5.56 Å². The largest absolute Gasteiger partial charge is 0.420 e. The molecule has 0 fully saturated rings. The number of alkyl halides is 6. The molecule has 0 aromatic carbocycles. The predicted molar refractivity (Wildman–Crippen MR) is 53.6 cm³/mol. The van der Waals surface area contributed by atoms with Crippen LogP contribution in [0.2, 0.25) is 0 Å². The zero-order valence-corrected chi connectivity index (χ0v) is 9.31. The molecule has 0 aliphatic carbocycles. The summed E-state index contributed by atoms with van der Waals surface area (Å²) in [6, 6.07) is 2.78. The number of hydrogen-bond donors (Lipinski definition) is 0. The molecule has 2 aromatic heterocycles. The first kappa shape index (κ1) is 14.4. The quantitative estimate of drug-likeness (QED) is 0.682. The number of nitrogens with zero attached hydrogens (tertiary/aromatic N) is 1. The lowest BCUT2D eigenvalue weighted by atomic mass is 10.1. The summed E-state index contributed by atoms with van der Waals surface area (Å²) < 4.78 is 90.1. The fourth-order valence-electron chi connectivity index (χ4n) is 1.83. The van der Waals surface area contributed by atoms with Crippen molar-refractivity contribution in [3.63, 3.8) is 0 Å². The van der Waals surface area contributed by atoms with Crippen molar-refractivity contribution in [3.05, 3.63) is 51.7 Å². The van der Waals surface area contributed by atoms with Crippen LogP contribution in [0.15, 0.2) is 29.2 Å². The molecule has 0 spiro atoms. The molecule has 2 rings (SSSR count). The fraction of sp³-hybridized carbons (Fsp3) is 0.182. The molecule has 0 saturated carbocycles. The van der Waals surface area contributed by atoms with Gasteiger partial charge in [0, 0.05) is 6.20 Å². The van der Waals surface area contributed by atoms with Gasteiger partial charge in [0.25, 0.3) is 5.56 Å². The van der Waals surface area contributed by atoms with E-state index in [2.05, 4.69) is 0 Å². The van der Waals surface area contributed by atoms with Crippen molar-refractivity contribution in [1.82, 2.24) is 4.40 Å². The molecular formula is C11H4F7NO. The lowest BCUT2D eigenvalue weighted by molar-refractivity contribution is -0.163. The molecule has 0 saturated heterocycles. The van der Waals surface area contributed by atoms with Gasteiger partial charge in [-0.15, -0.1) is 0 Å². The third-order valence-electron chi connectivity index (χ3n) is 2.56. The Morgan fingerprint density at radius 3 is 1.95 bits per heavy atom. The van der Waals surface area contributed by atoms with Crippen LogP contribution in [0.5, 0.6) is 0 Å². The number of rotatable bonds is 0. The molecule has 0 aliphatic heterocycles. The molecule has 20 heavy (non-hydrogen) atoms. The maximum Gasteiger partial charge on any atom is 0.420 e. The zero-order valence-electron chi connectivity index (χ0n) is 9.31. The molecule has 2 heterocycles. The van der Waals surface area contributed by atoms with Crippen LogP contribution < -0.4 is 5.56 Å². The summed E-state index contributed by atoms with van der Waals surface area (Å²) in [7, 11) is 0. The van der Waals surface area contributed by atoms with Gasteiger partial charge >= 0.3 is 12.4 Å². The molecule has 0 unspecified atom stereocenters. The molecule has 9 heteroatoms. The normalized spacial score (nSPS) is 12.9. The van der Waals surface area contributed by atoms with Gasteiger partial charge in [-0.3, -0.25) is 9.20 Å². The minimum atomic E-state index is -5.64. The first-order valence-corrected chi connectivity index (χ1v) is 5.02. The topological polar surface area (TPSA) is 21.5 Å². The van der Waals surface area contributed by atoms with Crippen LogP contribution in [0.3, 0.4) is 0 Å². The Labute approximate surface area is 106 Å². The highest BCUT2D eigenvalue weighted by Crippen LogP contribution is 2.42. The Morgan fingerprint density at radius 1 is 0.900 bits per heavy atom. The predicted octanol–water partition coefficient (Wildman–Crippen LogP) is 3.48. The van der Waals surface area contributed by atoms with E-state index in [1.54, 1.807) is 0 Å². The van der Waals surface area contributed by atoms with Gasteiger partial charge in [0.05, 0.1) is 11.1 Å². The third kappa shape index (κ3) is 2.12. The molecule has 108 valence electrons. The zero-order chi connectivity index (χ0) is 15.3. The second-order valence-corrected chi connectivity index (χ2v) is 3.82. The highest BCUT2D eigenvalue weighted by Gasteiger charge is 2.48. The lowest BCUT2D eigenvalue weighted by Crippen LogP contribution is -2.29. The number of hydrogen-bond acceptors (Lipinski definition) is 1. The van der Waals surface area contributed by atoms with Crippen molar-refractivity contribution >= 4 is 5.52 Å². The van der Waals surface area contributed by atoms with E-state index in [4.69, 9.17) is 0 Å². The molecule has 0 bridgehead atoms. The summed E-state index contributed by atoms with van der Waals surface area (Å²) in [6.07, 6.45) is -10.3. The maximum atomic E-state index is 13.5. The van der Waals surface area contributed by atoms with Crippen LogP contribution in [0.4, 0.5) is 30.7 Å². The average molecular weight is 299 g/mol. The highest BCUT2D eigenvalue weighted by atomic mass is 19.4. The summed E-state index contributed by atoms with van der Waals surface area (Å²) in [6.45, 7) is 0. The first-order valence-electron chi connectivity index (χ1n) is 5.02. The highest BCUT2D eigenvalue weighted by molar-refractivity contribution is 5.60. The van der Waals surface area contributed by atoms with Crippen LogP contribution >= 0.6 is 0 Å². The van der Waals surface area contributed by atoms with E-state index in [0.29, 0.717) is 6.07 Å². The van der Waals surface area contributed by atoms with E-state index in [-0.39, 0.29) is 4.40 Å². The van der Waals surface area contributed by atoms with Crippen LogP contribution in [-0.2, 0) is 12.4 Å². The number of pyridine rings is 2. The van der Waals surface area contributed by atoms with E-state index in [0.717, 1.165) is 18.3 Å². The van der Waals surface area contributed by atoms with Gasteiger partial charge in [-0.1, -0.05) is 6.07 Å². The number of fused-ring (bicyclic) bond motifs is 1. The van der Waals surface area contributed by atoms with Gasteiger partial charge in [0.15, 0.2) is 0 Å². The molecule has 0 amide bonds. The average Bonchev–Trinajstić information content (AvgIpc) is 2.30. The van der Waals surface area contributed by atoms with Gasteiger partial charge in [-0.25, -0.2) is 4.39 Å². The second-order valence-electron chi connectivity index (χ2n) is 3.82. The molecule has 0 atom stereocenters. The second kappa shape index (κ2) is 4.22. The Hall–Kier alpha value is -2.06. The number of aromatic nitrogens is 1. The minimum absolute atomic E-state index is 0.188. The van der Waals surface area contributed by atoms with Crippen molar-refractivity contribution in [2.45, 2.75) is 12.4 Å². The number of halogens is 7. The van der Waals surface area contributed by atoms with Crippen LogP contribution in [0.25, 0.3) is 5.52 Å². The van der Waals surface area contributed by atoms with Crippen LogP contribution in [-0.4, -0.2) is 4.40 Å². The van der Waals surface area contributed by atoms with E-state index >= 15 is 0 Å². The molecule has 0 radical (unpaired) electrons. The molecular weight excluding hydrogens is 295 g/mol. The van der Waals surface area contributed by atoms with E-state index < -0.39 is 40.4 Å². The minimum Gasteiger partial charge on any atom is -0.281 e. The van der Waals surface area contributed by atoms with Crippen molar-refractivity contribution < 1.29 is 30.7 Å². The van der Waals surface area contributed by atoms with Crippen LogP contribution in [0, 0.1) is 5.82 Å². The Kier molecular flexibility index (Phi) is 3.03. The Morgan fingerprint density at radius 2 is 1.45 bits per heavy atom. The van der Waals surface area contributed by atoms with Crippen molar-refractivity contribution in [3.8, 4) is 0 Å². The summed E-state index contributed by atoms with van der Waals surface area (Å²) in [5, 5.41) is 0. The fourth-order valence-corrected chi connectivity index (χ4v) is 1.83. The SMILES string of the molecule is O=c1c(F)c(C(F)(F)F)c(C(F)(F)F)c2ccccn12. The third-order valence-corrected chi connectivity index (χ3v) is 2.56. The summed E-state index contributed by atoms with van der Waals surface area (Å²) in [5.41, 5.74) is -7.66. The van der Waals surface area contributed by atoms with Crippen molar-refractivity contribution in [2.24, 2.45) is 0 Å². The lowest BCUT2D eigenvalue weighted by Gasteiger charge is -2.18. The maximum absolute atomic E-state index is 13.5. The molecule has 2 aromatic rings. The van der Waals surface area contributed by atoms with Crippen molar-refractivity contribution in [1.29, 1.82) is 0 Å². The molecule has 0 aliphatic rings. The van der Waals surface area contributed by atoms with Crippen LogP contribution in [0.1, 0.15) is 11.1 Å². The monoisotopic (exact) mass is 299 g/mol. The van der Waals surface area contributed by atoms with Gasteiger partial charge in [0.2, 0.25) is 5.82 Å². The molecule has 0 N–H and O–H groups in total.